The number of Topliss-reactive ketones (excluding diaryl/α,β-unsaturated/α-hetero) is 1. The van der Waals surface area contributed by atoms with Gasteiger partial charge in [0.15, 0.2) is 10.9 Å². The highest BCUT2D eigenvalue weighted by Crippen LogP contribution is 2.25. The molecular weight excluding hydrogens is 342 g/mol. The van der Waals surface area contributed by atoms with Gasteiger partial charge in [0.25, 0.3) is 0 Å². The van der Waals surface area contributed by atoms with Gasteiger partial charge < -0.3 is 10.0 Å². The predicted molar refractivity (Wildman–Crippen MR) is 94.4 cm³/mol. The first-order chi connectivity index (χ1) is 11.9. The number of hydrogen-bond donors (Lipinski definition) is 1. The molecule has 0 aliphatic carbocycles. The number of carboxylic acids is 1. The minimum atomic E-state index is -1.01. The molecule has 7 heteroatoms. The number of carbonyl (C=O) groups is 4. The highest BCUT2D eigenvalue weighted by molar-refractivity contribution is 8.14. The molecule has 0 radical (unpaired) electrons. The average molecular weight is 363 g/mol. The van der Waals surface area contributed by atoms with Crippen LogP contribution in [0, 0.1) is 0 Å². The van der Waals surface area contributed by atoms with Gasteiger partial charge in [0, 0.05) is 37.1 Å². The van der Waals surface area contributed by atoms with E-state index >= 15 is 0 Å². The summed E-state index contributed by atoms with van der Waals surface area (Å²) in [4.78, 5) is 48.9. The van der Waals surface area contributed by atoms with Gasteiger partial charge in [-0.3, -0.25) is 14.4 Å². The zero-order chi connectivity index (χ0) is 18.4. The maximum absolute atomic E-state index is 12.5. The number of carbonyl (C=O) groups excluding carboxylic acids is 3. The van der Waals surface area contributed by atoms with Crippen molar-refractivity contribution in [2.75, 3.05) is 6.54 Å². The Kier molecular flexibility index (Phi) is 6.75. The molecule has 0 bridgehead atoms. The number of thioether (sulfide) groups is 1. The summed E-state index contributed by atoms with van der Waals surface area (Å²) >= 11 is 0.965. The van der Waals surface area contributed by atoms with E-state index in [1.165, 1.54) is 11.8 Å². The van der Waals surface area contributed by atoms with Crippen molar-refractivity contribution < 1.29 is 24.3 Å². The number of amides is 1. The Balaban J connectivity index is 2.04. The van der Waals surface area contributed by atoms with Crippen LogP contribution in [0.4, 0.5) is 0 Å². The van der Waals surface area contributed by atoms with Crippen molar-refractivity contribution in [2.24, 2.45) is 0 Å². The lowest BCUT2D eigenvalue weighted by Crippen LogP contribution is -2.41. The molecule has 1 fully saturated rings. The van der Waals surface area contributed by atoms with Crippen LogP contribution in [0.2, 0.25) is 0 Å². The van der Waals surface area contributed by atoms with Crippen LogP contribution in [0.25, 0.3) is 0 Å². The smallest absolute Gasteiger partial charge is 0.326 e. The number of nitrogens with zero attached hydrogens (tertiary/aromatic N) is 1. The topological polar surface area (TPSA) is 91.8 Å². The molecular formula is C18H21NO5S. The first-order valence-electron chi connectivity index (χ1n) is 8.16. The summed E-state index contributed by atoms with van der Waals surface area (Å²) in [5.41, 5.74) is 0.536. The van der Waals surface area contributed by atoms with Gasteiger partial charge in [0.2, 0.25) is 5.91 Å². The van der Waals surface area contributed by atoms with Gasteiger partial charge in [0.05, 0.1) is 0 Å². The third kappa shape index (κ3) is 5.42. The van der Waals surface area contributed by atoms with Gasteiger partial charge in [-0.15, -0.1) is 0 Å². The van der Waals surface area contributed by atoms with Gasteiger partial charge in [-0.2, -0.15) is 0 Å². The Morgan fingerprint density at radius 3 is 2.48 bits per heavy atom. The molecule has 1 saturated heterocycles. The number of aliphatic carboxylic acids is 1. The van der Waals surface area contributed by atoms with Crippen LogP contribution in [0.1, 0.15) is 43.0 Å². The maximum Gasteiger partial charge on any atom is 0.326 e. The molecule has 1 aromatic rings. The molecule has 134 valence electrons. The van der Waals surface area contributed by atoms with Crippen molar-refractivity contribution >= 4 is 34.5 Å². The van der Waals surface area contributed by atoms with Crippen molar-refractivity contribution in [1.29, 1.82) is 0 Å². The fourth-order valence-electron chi connectivity index (χ4n) is 2.97. The number of likely N-dealkylation sites (tertiary alicyclic amines) is 1. The van der Waals surface area contributed by atoms with Crippen LogP contribution in [-0.4, -0.2) is 50.6 Å². The third-order valence-electron chi connectivity index (χ3n) is 4.10. The largest absolute Gasteiger partial charge is 0.480 e. The lowest BCUT2D eigenvalue weighted by atomic mass is 10.0. The summed E-state index contributed by atoms with van der Waals surface area (Å²) in [7, 11) is 0. The minimum Gasteiger partial charge on any atom is -0.480 e. The molecule has 0 aromatic heterocycles. The summed E-state index contributed by atoms with van der Waals surface area (Å²) in [6, 6.07) is 7.91. The summed E-state index contributed by atoms with van der Waals surface area (Å²) < 4.78 is 0. The van der Waals surface area contributed by atoms with E-state index in [2.05, 4.69) is 0 Å². The monoisotopic (exact) mass is 363 g/mol. The average Bonchev–Trinajstić information content (AvgIpc) is 3.05. The molecule has 1 aliphatic heterocycles. The molecule has 0 saturated carbocycles. The molecule has 1 aromatic carbocycles. The standard InChI is InChI=1S/C18H21NO5S/c1-12(20)25-14(10-16(21)13-6-3-2-4-7-13)11-17(22)19-9-5-8-15(19)18(23)24/h2-4,6-7,14-15H,5,8-11H2,1H3,(H,23,24)/t14?,15-/m0/s1. The quantitative estimate of drug-likeness (QED) is 0.748. The molecule has 1 amide bonds. The van der Waals surface area contributed by atoms with Gasteiger partial charge in [0.1, 0.15) is 6.04 Å². The number of rotatable bonds is 7. The Morgan fingerprint density at radius 2 is 1.88 bits per heavy atom. The molecule has 1 N–H and O–H groups in total. The molecule has 6 nitrogen and oxygen atoms in total. The Labute approximate surface area is 150 Å². The highest BCUT2D eigenvalue weighted by atomic mass is 32.2. The van der Waals surface area contributed by atoms with Gasteiger partial charge in [-0.1, -0.05) is 42.1 Å². The first-order valence-corrected chi connectivity index (χ1v) is 9.04. The second-order valence-corrected chi connectivity index (χ2v) is 7.49. The summed E-state index contributed by atoms with van der Waals surface area (Å²) in [5, 5.41) is 8.53. The van der Waals surface area contributed by atoms with E-state index in [1.807, 2.05) is 6.07 Å². The molecule has 2 rings (SSSR count). The van der Waals surface area contributed by atoms with Crippen LogP contribution in [0.5, 0.6) is 0 Å². The summed E-state index contributed by atoms with van der Waals surface area (Å²) in [6.07, 6.45) is 1.13. The van der Waals surface area contributed by atoms with E-state index in [1.54, 1.807) is 24.3 Å². The SMILES string of the molecule is CC(=O)SC(CC(=O)c1ccccc1)CC(=O)N1CCC[C@H]1C(=O)O. The van der Waals surface area contributed by atoms with Gasteiger partial charge in [-0.25, -0.2) is 4.79 Å². The fraction of sp³-hybridized carbons (Fsp3) is 0.444. The van der Waals surface area contributed by atoms with Gasteiger partial charge in [-0.05, 0) is 12.8 Å². The summed E-state index contributed by atoms with van der Waals surface area (Å²) in [6.45, 7) is 1.80. The predicted octanol–water partition coefficient (Wildman–Crippen LogP) is 2.37. The van der Waals surface area contributed by atoms with Crippen molar-refractivity contribution in [3.05, 3.63) is 35.9 Å². The van der Waals surface area contributed by atoms with E-state index in [-0.39, 0.29) is 29.6 Å². The van der Waals surface area contributed by atoms with E-state index < -0.39 is 17.3 Å². The molecule has 25 heavy (non-hydrogen) atoms. The Bertz CT molecular complexity index is 661. The molecule has 0 spiro atoms. The lowest BCUT2D eigenvalue weighted by Gasteiger charge is -2.23. The van der Waals surface area contributed by atoms with Crippen LogP contribution >= 0.6 is 11.8 Å². The number of ketones is 1. The Morgan fingerprint density at radius 1 is 1.20 bits per heavy atom. The second-order valence-electron chi connectivity index (χ2n) is 6.01. The van der Waals surface area contributed by atoms with Crippen LogP contribution < -0.4 is 0 Å². The van der Waals surface area contributed by atoms with Crippen LogP contribution in [0.3, 0.4) is 0 Å². The number of benzene rings is 1. The fourth-order valence-corrected chi connectivity index (χ4v) is 3.90. The zero-order valence-corrected chi connectivity index (χ0v) is 14.8. The minimum absolute atomic E-state index is 0.0212. The number of carboxylic acid groups (broad SMARTS) is 1. The summed E-state index contributed by atoms with van der Waals surface area (Å²) in [5.74, 6) is -1.46. The number of hydrogen-bond acceptors (Lipinski definition) is 5. The second kappa shape index (κ2) is 8.80. The van der Waals surface area contributed by atoms with Gasteiger partial charge >= 0.3 is 5.97 Å². The Hall–Kier alpha value is -2.15. The molecule has 1 unspecified atom stereocenters. The first kappa shape index (κ1) is 19.2. The van der Waals surface area contributed by atoms with Crippen LogP contribution in [-0.2, 0) is 14.4 Å². The zero-order valence-electron chi connectivity index (χ0n) is 14.0. The van der Waals surface area contributed by atoms with E-state index in [0.717, 1.165) is 11.8 Å². The maximum atomic E-state index is 12.5. The normalized spacial score (nSPS) is 18.0. The van der Waals surface area contributed by atoms with Crippen molar-refractivity contribution in [3.8, 4) is 0 Å². The molecule has 1 heterocycles. The van der Waals surface area contributed by atoms with Crippen molar-refractivity contribution in [2.45, 2.75) is 43.9 Å². The third-order valence-corrected chi connectivity index (χ3v) is 5.10. The van der Waals surface area contributed by atoms with E-state index in [9.17, 15) is 24.3 Å². The lowest BCUT2D eigenvalue weighted by molar-refractivity contribution is -0.148. The highest BCUT2D eigenvalue weighted by Gasteiger charge is 2.35. The van der Waals surface area contributed by atoms with E-state index in [0.29, 0.717) is 24.9 Å². The molecule has 1 aliphatic rings. The molecule has 2 atom stereocenters. The van der Waals surface area contributed by atoms with Crippen molar-refractivity contribution in [1.82, 2.24) is 4.90 Å². The van der Waals surface area contributed by atoms with E-state index in [4.69, 9.17) is 0 Å². The van der Waals surface area contributed by atoms with Crippen molar-refractivity contribution in [3.63, 3.8) is 0 Å². The van der Waals surface area contributed by atoms with Crippen LogP contribution in [0.15, 0.2) is 30.3 Å².